The van der Waals surface area contributed by atoms with Crippen LogP contribution in [0.25, 0.3) is 0 Å². The number of ether oxygens (including phenoxy) is 2. The zero-order valence-electron chi connectivity index (χ0n) is 24.5. The van der Waals surface area contributed by atoms with Crippen LogP contribution in [0.3, 0.4) is 0 Å². The van der Waals surface area contributed by atoms with E-state index in [4.69, 9.17) is 9.47 Å². The molecule has 4 aromatic carbocycles. The molecule has 228 valence electrons. The van der Waals surface area contributed by atoms with Gasteiger partial charge in [0.25, 0.3) is 0 Å². The van der Waals surface area contributed by atoms with Crippen LogP contribution in [0.1, 0.15) is 23.1 Å². The molecule has 0 bridgehead atoms. The van der Waals surface area contributed by atoms with Gasteiger partial charge in [0.1, 0.15) is 17.2 Å². The molecule has 43 heavy (non-hydrogen) atoms. The van der Waals surface area contributed by atoms with Crippen LogP contribution < -0.4 is 23.8 Å². The topological polar surface area (TPSA) is 114 Å². The van der Waals surface area contributed by atoms with Gasteiger partial charge in [-0.1, -0.05) is 54.6 Å². The molecule has 9 nitrogen and oxygen atoms in total. The Kier molecular flexibility index (Phi) is 10.7. The summed E-state index contributed by atoms with van der Waals surface area (Å²) < 4.78 is 63.1. The molecule has 2 N–H and O–H groups in total. The van der Waals surface area contributed by atoms with E-state index in [2.05, 4.69) is 26.5 Å². The zero-order valence-corrected chi connectivity index (χ0v) is 26.1. The predicted octanol–water partition coefficient (Wildman–Crippen LogP) is 5.68. The predicted molar refractivity (Wildman–Crippen MR) is 172 cm³/mol. The van der Waals surface area contributed by atoms with Gasteiger partial charge in [0.15, 0.2) is 0 Å². The standard InChI is InChI=1S/C32H37N3O6S2/c1-25-31(34-43(3,38)39)14-8-15-32(25)35(23-26-10-5-4-6-11-26)24-27-16-18-28(19-17-27)41-30-13-7-12-29(22-30)40-21-9-20-33-42(2,36)37/h4-8,10-19,22,33-34H,9,20-21,23-24H2,1-3H3. The largest absolute Gasteiger partial charge is 0.493 e. The Labute approximate surface area is 254 Å². The lowest BCUT2D eigenvalue weighted by atomic mass is 10.1. The minimum absolute atomic E-state index is 0.312. The summed E-state index contributed by atoms with van der Waals surface area (Å²) in [5.74, 6) is 1.92. The second-order valence-electron chi connectivity index (χ2n) is 10.3. The molecule has 0 aliphatic heterocycles. The number of hydrogen-bond acceptors (Lipinski definition) is 7. The van der Waals surface area contributed by atoms with Crippen molar-refractivity contribution in [3.63, 3.8) is 0 Å². The highest BCUT2D eigenvalue weighted by molar-refractivity contribution is 7.92. The Bertz CT molecular complexity index is 1710. The maximum absolute atomic E-state index is 11.9. The summed E-state index contributed by atoms with van der Waals surface area (Å²) in [6.45, 7) is 3.83. The average Bonchev–Trinajstić information content (AvgIpc) is 2.94. The normalized spacial score (nSPS) is 11.6. The van der Waals surface area contributed by atoms with Gasteiger partial charge in [-0.2, -0.15) is 0 Å². The van der Waals surface area contributed by atoms with Crippen LogP contribution in [0, 0.1) is 6.92 Å². The van der Waals surface area contributed by atoms with E-state index in [1.54, 1.807) is 12.1 Å². The lowest BCUT2D eigenvalue weighted by molar-refractivity contribution is 0.310. The molecule has 0 heterocycles. The van der Waals surface area contributed by atoms with Crippen LogP contribution in [0.2, 0.25) is 0 Å². The fourth-order valence-corrected chi connectivity index (χ4v) is 5.61. The number of benzene rings is 4. The highest BCUT2D eigenvalue weighted by atomic mass is 32.2. The van der Waals surface area contributed by atoms with Crippen molar-refractivity contribution in [2.24, 2.45) is 0 Å². The minimum Gasteiger partial charge on any atom is -0.493 e. The van der Waals surface area contributed by atoms with Crippen molar-refractivity contribution in [1.82, 2.24) is 4.72 Å². The third kappa shape index (κ3) is 10.6. The van der Waals surface area contributed by atoms with Crippen LogP contribution in [-0.4, -0.2) is 42.5 Å². The molecule has 0 aromatic heterocycles. The van der Waals surface area contributed by atoms with Gasteiger partial charge in [-0.15, -0.1) is 0 Å². The SMILES string of the molecule is Cc1c(NS(C)(=O)=O)cccc1N(Cc1ccccc1)Cc1ccc(Oc2cccc(OCCCNS(C)(=O)=O)c2)cc1. The van der Waals surface area contributed by atoms with Crippen molar-refractivity contribution in [3.05, 3.63) is 114 Å². The summed E-state index contributed by atoms with van der Waals surface area (Å²) >= 11 is 0. The van der Waals surface area contributed by atoms with Gasteiger partial charge < -0.3 is 14.4 Å². The molecule has 0 atom stereocenters. The minimum atomic E-state index is -3.42. The molecular weight excluding hydrogens is 587 g/mol. The van der Waals surface area contributed by atoms with Gasteiger partial charge in [-0.3, -0.25) is 4.72 Å². The molecular formula is C32H37N3O6S2. The molecule has 0 fully saturated rings. The van der Waals surface area contributed by atoms with E-state index in [0.29, 0.717) is 55.6 Å². The van der Waals surface area contributed by atoms with Gasteiger partial charge in [0, 0.05) is 31.4 Å². The number of nitrogens with one attached hydrogen (secondary N) is 2. The second kappa shape index (κ2) is 14.4. The third-order valence-corrected chi connectivity index (χ3v) is 7.77. The van der Waals surface area contributed by atoms with Gasteiger partial charge in [0.05, 0.1) is 24.8 Å². The first kappa shape index (κ1) is 31.9. The van der Waals surface area contributed by atoms with Gasteiger partial charge in [0.2, 0.25) is 20.0 Å². The van der Waals surface area contributed by atoms with E-state index < -0.39 is 20.0 Å². The lowest BCUT2D eigenvalue weighted by Gasteiger charge is -2.28. The number of anilines is 2. The summed E-state index contributed by atoms with van der Waals surface area (Å²) in [5, 5.41) is 0. The van der Waals surface area contributed by atoms with Crippen LogP contribution in [0.4, 0.5) is 11.4 Å². The summed E-state index contributed by atoms with van der Waals surface area (Å²) in [6.07, 6.45) is 2.82. The highest BCUT2D eigenvalue weighted by Crippen LogP contribution is 2.31. The Morgan fingerprint density at radius 2 is 1.35 bits per heavy atom. The Morgan fingerprint density at radius 1 is 0.698 bits per heavy atom. The first-order chi connectivity index (χ1) is 20.4. The first-order valence-corrected chi connectivity index (χ1v) is 17.5. The summed E-state index contributed by atoms with van der Waals surface area (Å²) in [6, 6.07) is 30.9. The van der Waals surface area contributed by atoms with E-state index in [1.807, 2.05) is 79.7 Å². The third-order valence-electron chi connectivity index (χ3n) is 6.45. The Morgan fingerprint density at radius 3 is 2.02 bits per heavy atom. The molecule has 0 aliphatic carbocycles. The quantitative estimate of drug-likeness (QED) is 0.164. The monoisotopic (exact) mass is 623 g/mol. The van der Waals surface area contributed by atoms with E-state index in [-0.39, 0.29) is 0 Å². The maximum Gasteiger partial charge on any atom is 0.229 e. The summed E-state index contributed by atoms with van der Waals surface area (Å²) in [4.78, 5) is 2.22. The van der Waals surface area contributed by atoms with Crippen molar-refractivity contribution in [2.45, 2.75) is 26.4 Å². The van der Waals surface area contributed by atoms with Crippen molar-refractivity contribution in [1.29, 1.82) is 0 Å². The van der Waals surface area contributed by atoms with E-state index in [1.165, 1.54) is 0 Å². The molecule has 0 aliphatic rings. The molecule has 0 saturated carbocycles. The zero-order chi connectivity index (χ0) is 30.9. The average molecular weight is 624 g/mol. The Balaban J connectivity index is 1.45. The van der Waals surface area contributed by atoms with Crippen molar-refractivity contribution in [2.75, 3.05) is 35.3 Å². The van der Waals surface area contributed by atoms with Gasteiger partial charge in [-0.05, 0) is 66.4 Å². The summed E-state index contributed by atoms with van der Waals surface area (Å²) in [5.41, 5.74) is 4.53. The smallest absolute Gasteiger partial charge is 0.229 e. The number of nitrogens with zero attached hydrogens (tertiary/aromatic N) is 1. The number of rotatable bonds is 15. The number of sulfonamides is 2. The maximum atomic E-state index is 11.9. The first-order valence-electron chi connectivity index (χ1n) is 13.8. The molecule has 0 saturated heterocycles. The lowest BCUT2D eigenvalue weighted by Crippen LogP contribution is -2.24. The van der Waals surface area contributed by atoms with E-state index in [9.17, 15) is 16.8 Å². The molecule has 11 heteroatoms. The van der Waals surface area contributed by atoms with E-state index >= 15 is 0 Å². The van der Waals surface area contributed by atoms with Crippen molar-refractivity contribution >= 4 is 31.4 Å². The fraction of sp³-hybridized carbons (Fsp3) is 0.250. The van der Waals surface area contributed by atoms with Crippen LogP contribution in [0.5, 0.6) is 17.2 Å². The summed E-state index contributed by atoms with van der Waals surface area (Å²) in [7, 11) is -6.63. The molecule has 0 radical (unpaired) electrons. The second-order valence-corrected chi connectivity index (χ2v) is 13.8. The van der Waals surface area contributed by atoms with E-state index in [0.717, 1.165) is 34.9 Å². The fourth-order valence-electron chi connectivity index (χ4n) is 4.47. The van der Waals surface area contributed by atoms with Crippen molar-refractivity contribution < 1.29 is 26.3 Å². The molecule has 0 amide bonds. The molecule has 0 spiro atoms. The Hall–Kier alpha value is -4.06. The van der Waals surface area contributed by atoms with Crippen LogP contribution >= 0.6 is 0 Å². The molecule has 4 aromatic rings. The van der Waals surface area contributed by atoms with Crippen molar-refractivity contribution in [3.8, 4) is 17.2 Å². The van der Waals surface area contributed by atoms with Gasteiger partial charge in [-0.25, -0.2) is 21.6 Å². The van der Waals surface area contributed by atoms with Crippen LogP contribution in [0.15, 0.2) is 97.1 Å². The number of hydrogen-bond donors (Lipinski definition) is 2. The van der Waals surface area contributed by atoms with Gasteiger partial charge >= 0.3 is 0 Å². The molecule has 0 unspecified atom stereocenters. The highest BCUT2D eigenvalue weighted by Gasteiger charge is 2.15. The molecule has 4 rings (SSSR count). The van der Waals surface area contributed by atoms with Crippen LogP contribution in [-0.2, 0) is 33.1 Å².